The van der Waals surface area contributed by atoms with Crippen LogP contribution in [0.25, 0.3) is 6.08 Å². The minimum Gasteiger partial charge on any atom is -0.321 e. The third kappa shape index (κ3) is 4.38. The van der Waals surface area contributed by atoms with Crippen LogP contribution in [0, 0.1) is 11.3 Å². The highest BCUT2D eigenvalue weighted by molar-refractivity contribution is 9.10. The molecule has 0 bridgehead atoms. The van der Waals surface area contributed by atoms with Crippen LogP contribution in [0.15, 0.2) is 58.6 Å². The fourth-order valence-electron chi connectivity index (χ4n) is 1.96. The van der Waals surface area contributed by atoms with Gasteiger partial charge in [-0.05, 0) is 42.8 Å². The lowest BCUT2D eigenvalue weighted by atomic mass is 10.1. The van der Waals surface area contributed by atoms with Crippen LogP contribution in [0.2, 0.25) is 0 Å². The molecule has 0 fully saturated rings. The molecule has 4 nitrogen and oxygen atoms in total. The average Bonchev–Trinajstić information content (AvgIpc) is 2.54. The Morgan fingerprint density at radius 1 is 1.13 bits per heavy atom. The van der Waals surface area contributed by atoms with E-state index in [1.54, 1.807) is 36.4 Å². The summed E-state index contributed by atoms with van der Waals surface area (Å²) in [5.74, 6) is -0.708. The number of nitrogens with zero attached hydrogens (tertiary/aromatic N) is 1. The third-order valence-electron chi connectivity index (χ3n) is 3.10. The number of halogens is 1. The van der Waals surface area contributed by atoms with E-state index in [0.29, 0.717) is 11.3 Å². The Morgan fingerprint density at radius 3 is 2.39 bits per heavy atom. The van der Waals surface area contributed by atoms with Crippen molar-refractivity contribution in [3.63, 3.8) is 0 Å². The van der Waals surface area contributed by atoms with E-state index in [1.807, 2.05) is 18.2 Å². The zero-order valence-corrected chi connectivity index (χ0v) is 13.9. The van der Waals surface area contributed by atoms with Crippen molar-refractivity contribution < 1.29 is 9.59 Å². The first-order valence-corrected chi connectivity index (χ1v) is 7.59. The van der Waals surface area contributed by atoms with Gasteiger partial charge in [-0.25, -0.2) is 0 Å². The fourth-order valence-corrected chi connectivity index (χ4v) is 2.23. The van der Waals surface area contributed by atoms with Gasteiger partial charge in [0.1, 0.15) is 11.6 Å². The van der Waals surface area contributed by atoms with Gasteiger partial charge in [0, 0.05) is 10.0 Å². The maximum atomic E-state index is 12.3. The Balaban J connectivity index is 2.27. The number of carbonyl (C=O) groups excluding carboxylic acids is 2. The van der Waals surface area contributed by atoms with E-state index in [9.17, 15) is 14.9 Å². The molecule has 0 saturated heterocycles. The second kappa shape index (κ2) is 7.52. The second-order valence-electron chi connectivity index (χ2n) is 4.78. The first-order chi connectivity index (χ1) is 11.0. The van der Waals surface area contributed by atoms with Crippen molar-refractivity contribution in [1.82, 2.24) is 0 Å². The molecule has 2 rings (SSSR count). The first-order valence-electron chi connectivity index (χ1n) is 6.80. The van der Waals surface area contributed by atoms with Crippen LogP contribution in [0.3, 0.4) is 0 Å². The molecule has 0 spiro atoms. The van der Waals surface area contributed by atoms with E-state index >= 15 is 0 Å². The van der Waals surface area contributed by atoms with Crippen LogP contribution in [0.5, 0.6) is 0 Å². The summed E-state index contributed by atoms with van der Waals surface area (Å²) in [5, 5.41) is 11.8. The number of benzene rings is 2. The molecular weight excluding hydrogens is 356 g/mol. The highest BCUT2D eigenvalue weighted by atomic mass is 79.9. The molecule has 0 aliphatic carbocycles. The van der Waals surface area contributed by atoms with E-state index in [1.165, 1.54) is 13.0 Å². The van der Waals surface area contributed by atoms with Crippen LogP contribution in [0.1, 0.15) is 22.8 Å². The summed E-state index contributed by atoms with van der Waals surface area (Å²) in [7, 11) is 0. The number of anilines is 1. The standard InChI is InChI=1S/C18H13BrN2O2/c1-12(22)16-4-2-3-5-17(16)21-18(23)14(11-20)10-13-6-8-15(19)9-7-13/h2-10H,1H3,(H,21,23)/b14-10-. The van der Waals surface area contributed by atoms with Crippen molar-refractivity contribution in [2.24, 2.45) is 0 Å². The van der Waals surface area contributed by atoms with Gasteiger partial charge >= 0.3 is 0 Å². The van der Waals surface area contributed by atoms with Gasteiger partial charge < -0.3 is 5.32 Å². The van der Waals surface area contributed by atoms with Crippen molar-refractivity contribution in [2.75, 3.05) is 5.32 Å². The van der Waals surface area contributed by atoms with Gasteiger partial charge in [-0.3, -0.25) is 9.59 Å². The molecule has 1 amide bonds. The van der Waals surface area contributed by atoms with Crippen molar-refractivity contribution in [1.29, 1.82) is 5.26 Å². The Kier molecular flexibility index (Phi) is 5.45. The number of rotatable bonds is 4. The molecule has 2 aromatic rings. The molecule has 0 saturated carbocycles. The van der Waals surface area contributed by atoms with E-state index in [4.69, 9.17) is 0 Å². The van der Waals surface area contributed by atoms with Crippen molar-refractivity contribution in [2.45, 2.75) is 6.92 Å². The average molecular weight is 369 g/mol. The SMILES string of the molecule is CC(=O)c1ccccc1NC(=O)/C(C#N)=C\c1ccc(Br)cc1. The number of amides is 1. The number of carbonyl (C=O) groups is 2. The van der Waals surface area contributed by atoms with Gasteiger partial charge in [0.2, 0.25) is 0 Å². The van der Waals surface area contributed by atoms with E-state index in [-0.39, 0.29) is 11.4 Å². The number of nitriles is 1. The second-order valence-corrected chi connectivity index (χ2v) is 5.69. The Hall–Kier alpha value is -2.71. The number of ketones is 1. The molecule has 5 heteroatoms. The van der Waals surface area contributed by atoms with Crippen molar-refractivity contribution in [3.8, 4) is 6.07 Å². The maximum absolute atomic E-state index is 12.3. The number of nitrogens with one attached hydrogen (secondary N) is 1. The van der Waals surface area contributed by atoms with Gasteiger partial charge in [-0.15, -0.1) is 0 Å². The zero-order valence-electron chi connectivity index (χ0n) is 12.3. The lowest BCUT2D eigenvalue weighted by Gasteiger charge is -2.08. The van der Waals surface area contributed by atoms with Crippen molar-refractivity contribution in [3.05, 3.63) is 69.7 Å². The monoisotopic (exact) mass is 368 g/mol. The summed E-state index contributed by atoms with van der Waals surface area (Å²) in [5.41, 5.74) is 1.49. The van der Waals surface area contributed by atoms with Crippen LogP contribution >= 0.6 is 15.9 Å². The molecule has 0 atom stereocenters. The largest absolute Gasteiger partial charge is 0.321 e. The zero-order chi connectivity index (χ0) is 16.8. The third-order valence-corrected chi connectivity index (χ3v) is 3.63. The molecule has 0 aromatic heterocycles. The molecule has 0 aliphatic rings. The van der Waals surface area contributed by atoms with E-state index < -0.39 is 5.91 Å². The quantitative estimate of drug-likeness (QED) is 0.499. The van der Waals surface area contributed by atoms with Gasteiger partial charge in [0.05, 0.1) is 5.69 Å². The van der Waals surface area contributed by atoms with Crippen LogP contribution in [0.4, 0.5) is 5.69 Å². The molecule has 0 radical (unpaired) electrons. The molecule has 0 aliphatic heterocycles. The summed E-state index contributed by atoms with van der Waals surface area (Å²) < 4.78 is 0.910. The topological polar surface area (TPSA) is 70.0 Å². The summed E-state index contributed by atoms with van der Waals surface area (Å²) >= 11 is 3.33. The normalized spacial score (nSPS) is 10.7. The lowest BCUT2D eigenvalue weighted by molar-refractivity contribution is -0.112. The maximum Gasteiger partial charge on any atom is 0.266 e. The lowest BCUT2D eigenvalue weighted by Crippen LogP contribution is -2.15. The predicted octanol–water partition coefficient (Wildman–Crippen LogP) is 4.20. The van der Waals surface area contributed by atoms with Crippen LogP contribution in [-0.2, 0) is 4.79 Å². The minimum absolute atomic E-state index is 0.0364. The van der Waals surface area contributed by atoms with E-state index in [2.05, 4.69) is 21.2 Å². The smallest absolute Gasteiger partial charge is 0.266 e. The Bertz CT molecular complexity index is 818. The molecule has 114 valence electrons. The minimum atomic E-state index is -0.552. The number of hydrogen-bond donors (Lipinski definition) is 1. The van der Waals surface area contributed by atoms with Gasteiger partial charge in [-0.2, -0.15) is 5.26 Å². The number of Topliss-reactive ketones (excluding diaryl/α,β-unsaturated/α-hetero) is 1. The molecule has 0 heterocycles. The van der Waals surface area contributed by atoms with Crippen molar-refractivity contribution >= 4 is 39.4 Å². The van der Waals surface area contributed by atoms with Crippen LogP contribution in [-0.4, -0.2) is 11.7 Å². The number of hydrogen-bond acceptors (Lipinski definition) is 3. The highest BCUT2D eigenvalue weighted by Crippen LogP contribution is 2.18. The molecule has 0 unspecified atom stereocenters. The van der Waals surface area contributed by atoms with Gasteiger partial charge in [0.15, 0.2) is 5.78 Å². The first kappa shape index (κ1) is 16.7. The summed E-state index contributed by atoms with van der Waals surface area (Å²) in [6, 6.07) is 15.8. The molecule has 2 aromatic carbocycles. The summed E-state index contributed by atoms with van der Waals surface area (Å²) in [6.07, 6.45) is 1.50. The fraction of sp³-hybridized carbons (Fsp3) is 0.0556. The summed E-state index contributed by atoms with van der Waals surface area (Å²) in [4.78, 5) is 23.8. The predicted molar refractivity (Wildman–Crippen MR) is 92.8 cm³/mol. The molecule has 23 heavy (non-hydrogen) atoms. The molecular formula is C18H13BrN2O2. The Morgan fingerprint density at radius 2 is 1.78 bits per heavy atom. The van der Waals surface area contributed by atoms with Gasteiger partial charge in [0.25, 0.3) is 5.91 Å². The number of para-hydroxylation sites is 1. The Labute approximate surface area is 142 Å². The molecule has 1 N–H and O–H groups in total. The highest BCUT2D eigenvalue weighted by Gasteiger charge is 2.13. The van der Waals surface area contributed by atoms with Crippen LogP contribution < -0.4 is 5.32 Å². The summed E-state index contributed by atoms with van der Waals surface area (Å²) in [6.45, 7) is 1.42. The van der Waals surface area contributed by atoms with Gasteiger partial charge in [-0.1, -0.05) is 40.2 Å². The van der Waals surface area contributed by atoms with E-state index in [0.717, 1.165) is 10.0 Å².